The molecule has 0 atom stereocenters. The van der Waals surface area contributed by atoms with Crippen LogP contribution >= 0.6 is 0 Å². The van der Waals surface area contributed by atoms with Crippen LogP contribution in [-0.4, -0.2) is 18.5 Å². The molecule has 3 rings (SSSR count). The molecule has 0 aliphatic rings. The lowest BCUT2D eigenvalue weighted by Gasteiger charge is -2.15. The predicted octanol–water partition coefficient (Wildman–Crippen LogP) is 3.97. The molecule has 2 aromatic carbocycles. The van der Waals surface area contributed by atoms with Crippen molar-refractivity contribution in [2.24, 2.45) is 0 Å². The van der Waals surface area contributed by atoms with Gasteiger partial charge >= 0.3 is 6.18 Å². The molecule has 0 fully saturated rings. The highest BCUT2D eigenvalue weighted by Crippen LogP contribution is 2.40. The zero-order chi connectivity index (χ0) is 17.5. The molecule has 0 amide bonds. The van der Waals surface area contributed by atoms with Gasteiger partial charge in [-0.1, -0.05) is 18.2 Å². The first kappa shape index (κ1) is 16.1. The average Bonchev–Trinajstić information content (AvgIpc) is 2.54. The molecule has 0 radical (unpaired) electrons. The number of phenols is 1. The van der Waals surface area contributed by atoms with Crippen LogP contribution in [-0.2, 0) is 16.5 Å². The van der Waals surface area contributed by atoms with Crippen LogP contribution in [0.2, 0.25) is 0 Å². The minimum Gasteiger partial charge on any atom is -0.506 e. The van der Waals surface area contributed by atoms with Gasteiger partial charge in [0.25, 0.3) is 0 Å². The van der Waals surface area contributed by atoms with E-state index < -0.39 is 22.0 Å². The maximum atomic E-state index is 13.2. The average molecular weight is 353 g/mol. The Morgan fingerprint density at radius 1 is 0.917 bits per heavy atom. The van der Waals surface area contributed by atoms with Crippen molar-refractivity contribution in [1.29, 1.82) is 0 Å². The third-order valence-electron chi connectivity index (χ3n) is 3.58. The van der Waals surface area contributed by atoms with Gasteiger partial charge in [-0.25, -0.2) is 0 Å². The van der Waals surface area contributed by atoms with Gasteiger partial charge in [-0.3, -0.25) is 0 Å². The number of aromatic nitrogens is 1. The molecule has 0 bridgehead atoms. The molecule has 1 heterocycles. The highest BCUT2D eigenvalue weighted by atomic mass is 32.2. The fourth-order valence-corrected chi connectivity index (χ4v) is 2.90. The van der Waals surface area contributed by atoms with E-state index in [1.54, 1.807) is 0 Å². The van der Waals surface area contributed by atoms with Crippen LogP contribution in [0.4, 0.5) is 13.2 Å². The third kappa shape index (κ3) is 2.76. The van der Waals surface area contributed by atoms with Crippen molar-refractivity contribution < 1.29 is 26.7 Å². The first-order chi connectivity index (χ1) is 11.3. The molecular formula is C16H10F3NO3S. The molecule has 0 spiro atoms. The Kier molecular flexibility index (Phi) is 3.84. The molecule has 0 aliphatic heterocycles. The molecule has 0 saturated heterocycles. The Morgan fingerprint density at radius 3 is 2.29 bits per heavy atom. The van der Waals surface area contributed by atoms with Crippen LogP contribution in [0, 0.1) is 4.64 Å². The summed E-state index contributed by atoms with van der Waals surface area (Å²) in [6.07, 6.45) is -4.54. The van der Waals surface area contributed by atoms with Crippen molar-refractivity contribution in [3.8, 4) is 16.9 Å². The van der Waals surface area contributed by atoms with Gasteiger partial charge in [0, 0.05) is 5.39 Å². The number of phenolic OH excluding ortho intramolecular Hbond substituents is 1. The van der Waals surface area contributed by atoms with Crippen molar-refractivity contribution in [1.82, 2.24) is 4.98 Å². The lowest BCUT2D eigenvalue weighted by molar-refractivity contribution is -0.137. The molecule has 24 heavy (non-hydrogen) atoms. The Hall–Kier alpha value is -2.74. The SMILES string of the molecule is O=S(=O)=c1ccc2c(-c3ccccc3C(F)(F)F)ccc(O)c2[nH]1. The van der Waals surface area contributed by atoms with Crippen molar-refractivity contribution in [2.75, 3.05) is 0 Å². The minimum absolute atomic E-state index is 0.0474. The second kappa shape index (κ2) is 5.72. The molecule has 2 N–H and O–H groups in total. The highest BCUT2D eigenvalue weighted by Gasteiger charge is 2.33. The summed E-state index contributed by atoms with van der Waals surface area (Å²) in [7, 11) is -2.56. The van der Waals surface area contributed by atoms with Crippen LogP contribution in [0.15, 0.2) is 48.5 Å². The van der Waals surface area contributed by atoms with Crippen LogP contribution < -0.4 is 0 Å². The number of halogens is 3. The van der Waals surface area contributed by atoms with Gasteiger partial charge in [-0.15, -0.1) is 0 Å². The Balaban J connectivity index is 2.42. The van der Waals surface area contributed by atoms with Crippen LogP contribution in [0.3, 0.4) is 0 Å². The summed E-state index contributed by atoms with van der Waals surface area (Å²) in [5.74, 6) is -0.259. The molecule has 3 aromatic rings. The number of aromatic hydroxyl groups is 1. The van der Waals surface area contributed by atoms with E-state index >= 15 is 0 Å². The summed E-state index contributed by atoms with van der Waals surface area (Å²) in [6, 6.07) is 10.2. The van der Waals surface area contributed by atoms with Gasteiger partial charge < -0.3 is 10.1 Å². The molecule has 0 saturated carbocycles. The second-order valence-electron chi connectivity index (χ2n) is 5.02. The van der Waals surface area contributed by atoms with E-state index in [4.69, 9.17) is 0 Å². The molecule has 0 unspecified atom stereocenters. The van der Waals surface area contributed by atoms with Crippen LogP contribution in [0.1, 0.15) is 5.56 Å². The van der Waals surface area contributed by atoms with Gasteiger partial charge in [0.15, 0.2) is 4.64 Å². The van der Waals surface area contributed by atoms with Crippen LogP contribution in [0.25, 0.3) is 22.0 Å². The molecule has 8 heteroatoms. The van der Waals surface area contributed by atoms with Crippen molar-refractivity contribution >= 4 is 21.2 Å². The first-order valence-electron chi connectivity index (χ1n) is 6.73. The fourth-order valence-electron chi connectivity index (χ4n) is 2.53. The van der Waals surface area contributed by atoms with E-state index in [1.165, 1.54) is 42.5 Å². The maximum Gasteiger partial charge on any atom is 0.417 e. The number of nitrogens with one attached hydrogen (secondary N) is 1. The number of hydrogen-bond acceptors (Lipinski definition) is 3. The molecule has 4 nitrogen and oxygen atoms in total. The Bertz CT molecular complexity index is 1110. The van der Waals surface area contributed by atoms with Crippen molar-refractivity contribution in [2.45, 2.75) is 6.18 Å². The summed E-state index contributed by atoms with van der Waals surface area (Å²) in [5, 5.41) is 10.2. The zero-order valence-electron chi connectivity index (χ0n) is 11.9. The highest BCUT2D eigenvalue weighted by molar-refractivity contribution is 7.63. The summed E-state index contributed by atoms with van der Waals surface area (Å²) in [6.45, 7) is 0. The molecule has 1 aromatic heterocycles. The van der Waals surface area contributed by atoms with Gasteiger partial charge in [0.2, 0.25) is 10.3 Å². The number of H-pyrrole nitrogens is 1. The Morgan fingerprint density at radius 2 is 1.62 bits per heavy atom. The minimum atomic E-state index is -4.54. The number of rotatable bonds is 1. The summed E-state index contributed by atoms with van der Waals surface area (Å²) >= 11 is 0. The van der Waals surface area contributed by atoms with Gasteiger partial charge in [-0.05, 0) is 41.5 Å². The number of pyridine rings is 1. The normalized spacial score (nSPS) is 11.6. The second-order valence-corrected chi connectivity index (χ2v) is 5.93. The van der Waals surface area contributed by atoms with Gasteiger partial charge in [-0.2, -0.15) is 21.6 Å². The number of benzene rings is 2. The largest absolute Gasteiger partial charge is 0.506 e. The van der Waals surface area contributed by atoms with Gasteiger partial charge in [0.1, 0.15) is 5.75 Å². The van der Waals surface area contributed by atoms with Crippen molar-refractivity contribution in [3.05, 3.63) is 58.7 Å². The Labute approximate surface area is 135 Å². The van der Waals surface area contributed by atoms with E-state index in [0.717, 1.165) is 6.07 Å². The lowest BCUT2D eigenvalue weighted by Crippen LogP contribution is -2.07. The zero-order valence-corrected chi connectivity index (χ0v) is 12.7. The summed E-state index contributed by atoms with van der Waals surface area (Å²) in [4.78, 5) is 2.52. The van der Waals surface area contributed by atoms with E-state index in [2.05, 4.69) is 4.98 Å². The predicted molar refractivity (Wildman–Crippen MR) is 82.6 cm³/mol. The standard InChI is InChI=1S/C16H10F3NO3S/c17-16(18,19)12-4-2-1-3-10(12)9-5-7-13(21)15-11(9)6-8-14(20-15)24(22)23/h1-8,20-21H. The van der Waals surface area contributed by atoms with Gasteiger partial charge in [0.05, 0.1) is 11.1 Å². The maximum absolute atomic E-state index is 13.2. The number of aromatic amines is 1. The lowest BCUT2D eigenvalue weighted by atomic mass is 9.95. The molecular weight excluding hydrogens is 343 g/mol. The molecule has 124 valence electrons. The monoisotopic (exact) mass is 353 g/mol. The fraction of sp³-hybridized carbons (Fsp3) is 0.0625. The topological polar surface area (TPSA) is 70.2 Å². The van der Waals surface area contributed by atoms with E-state index in [0.29, 0.717) is 0 Å². The smallest absolute Gasteiger partial charge is 0.417 e. The summed E-state index contributed by atoms with van der Waals surface area (Å²) < 4.78 is 61.6. The van der Waals surface area contributed by atoms with Crippen LogP contribution in [0.5, 0.6) is 5.75 Å². The molecule has 0 aliphatic carbocycles. The first-order valence-corrected chi connectivity index (χ1v) is 7.80. The van der Waals surface area contributed by atoms with E-state index in [-0.39, 0.29) is 32.4 Å². The number of hydrogen-bond donors (Lipinski definition) is 2. The van der Waals surface area contributed by atoms with E-state index in [9.17, 15) is 26.7 Å². The van der Waals surface area contributed by atoms with Crippen molar-refractivity contribution in [3.63, 3.8) is 0 Å². The number of alkyl halides is 3. The quantitative estimate of drug-likeness (QED) is 0.651. The number of fused-ring (bicyclic) bond motifs is 1. The van der Waals surface area contributed by atoms with E-state index in [1.807, 2.05) is 0 Å². The summed E-state index contributed by atoms with van der Waals surface area (Å²) in [5.41, 5.74) is -0.589. The third-order valence-corrected chi connectivity index (χ3v) is 4.17.